The predicted octanol–water partition coefficient (Wildman–Crippen LogP) is 9.76. The Balaban J connectivity index is 0.000000191. The van der Waals surface area contributed by atoms with Crippen molar-refractivity contribution < 1.29 is 4.43 Å². The minimum atomic E-state index is -2.63. The van der Waals surface area contributed by atoms with E-state index in [9.17, 15) is 0 Å². The summed E-state index contributed by atoms with van der Waals surface area (Å²) in [5, 5.41) is 4.61. The van der Waals surface area contributed by atoms with E-state index in [4.69, 9.17) is 52.1 Å². The van der Waals surface area contributed by atoms with Gasteiger partial charge in [-0.05, 0) is 49.5 Å². The van der Waals surface area contributed by atoms with E-state index in [-0.39, 0.29) is 0 Å². The second kappa shape index (κ2) is 18.7. The molecule has 0 aliphatic carbocycles. The minimum absolute atomic E-state index is 1.01. The van der Waals surface area contributed by atoms with Gasteiger partial charge < -0.3 is 4.43 Å². The summed E-state index contributed by atoms with van der Waals surface area (Å²) in [6, 6.07) is 58.3. The molecule has 6 rings (SSSR count). The molecule has 0 saturated carbocycles. The van der Waals surface area contributed by atoms with Gasteiger partial charge in [-0.3, -0.25) is 0 Å². The van der Waals surface area contributed by atoms with Crippen LogP contribution < -0.4 is 20.7 Å². The third kappa shape index (κ3) is 10.8. The summed E-state index contributed by atoms with van der Waals surface area (Å²) >= 11 is 11.2. The maximum absolute atomic E-state index is 6.69. The summed E-state index contributed by atoms with van der Waals surface area (Å²) in [5.74, 6) is 0. The van der Waals surface area contributed by atoms with E-state index in [1.807, 2.05) is 79.9 Å². The molecular weight excluding hydrogens is 915 g/mol. The summed E-state index contributed by atoms with van der Waals surface area (Å²) in [4.78, 5) is 0. The van der Waals surface area contributed by atoms with Crippen LogP contribution in [0.3, 0.4) is 0 Å². The first-order chi connectivity index (χ1) is 22.6. The van der Waals surface area contributed by atoms with E-state index in [0.29, 0.717) is 0 Å². The molecule has 0 spiro atoms. The number of hydrogen-bond acceptors (Lipinski definition) is 1. The Hall–Kier alpha value is -1.95. The summed E-state index contributed by atoms with van der Waals surface area (Å²) in [5.41, 5.74) is 4.85. The van der Waals surface area contributed by atoms with Crippen LogP contribution in [0, 0.1) is 0 Å². The first kappa shape index (κ1) is 37.9. The van der Waals surface area contributed by atoms with Crippen molar-refractivity contribution in [3.63, 3.8) is 0 Å². The van der Waals surface area contributed by atoms with Gasteiger partial charge >= 0.3 is 50.4 Å². The fourth-order valence-corrected chi connectivity index (χ4v) is 10.6. The second-order valence-electron chi connectivity index (χ2n) is 10.6. The number of benzene rings is 6. The molecule has 0 aromatic heterocycles. The molecule has 0 bridgehead atoms. The zero-order valence-electron chi connectivity index (χ0n) is 25.9. The number of hydrogen-bond donors (Lipinski definition) is 0. The summed E-state index contributed by atoms with van der Waals surface area (Å²) in [6.07, 6.45) is 0. The van der Waals surface area contributed by atoms with E-state index in [1.54, 1.807) is 0 Å². The quantitative estimate of drug-likeness (QED) is 0.115. The molecule has 0 amide bonds. The second-order valence-corrected chi connectivity index (χ2v) is 35.5. The Morgan fingerprint density at radius 1 is 0.404 bits per heavy atom. The Morgan fingerprint density at radius 2 is 0.660 bits per heavy atom. The molecule has 6 aromatic carbocycles. The molecular formula is C38H34BiCl5OSi2. The molecule has 1 atom stereocenters. The molecule has 1 unspecified atom stereocenters. The van der Waals surface area contributed by atoms with Gasteiger partial charge in [0.25, 0.3) is 8.32 Å². The van der Waals surface area contributed by atoms with Gasteiger partial charge in [-0.25, -0.2) is 0 Å². The zero-order chi connectivity index (χ0) is 33.7. The van der Waals surface area contributed by atoms with Crippen LogP contribution in [0.25, 0.3) is 22.3 Å². The standard InChI is InChI=1S/C20H20OSi.C18H14Cl2Si.Bi.3ClH/c1-21-22(2,19-11-7-4-8-12-19)20-15-13-18(14-16-20)17-9-5-3-6-10-17;19-21(20,17-9-5-2-6-10-17)18-13-11-16(12-14-18)15-7-3-1-4-8-15;;;;/h3-16H,1-2H3;1-14H;;3*1H/q;;+3;;;/p-3. The van der Waals surface area contributed by atoms with Crippen LogP contribution >= 0.6 is 47.7 Å². The first-order valence-corrected chi connectivity index (χ1v) is 34.1. The van der Waals surface area contributed by atoms with Gasteiger partial charge in [0.2, 0.25) is 0 Å². The van der Waals surface area contributed by atoms with Crippen molar-refractivity contribution in [3.05, 3.63) is 170 Å². The fraction of sp³-hybridized carbons (Fsp3) is 0.0526. The van der Waals surface area contributed by atoms with Crippen molar-refractivity contribution in [1.82, 2.24) is 0 Å². The van der Waals surface area contributed by atoms with Crippen LogP contribution in [-0.4, -0.2) is 40.3 Å². The molecule has 0 saturated heterocycles. The van der Waals surface area contributed by atoms with Gasteiger partial charge in [0, 0.05) is 7.11 Å². The average molecular weight is 949 g/mol. The monoisotopic (exact) mass is 946 g/mol. The molecule has 6 aromatic rings. The third-order valence-corrected chi connectivity index (χ3v) is 16.2. The molecule has 0 fully saturated rings. The molecule has 0 aliphatic heterocycles. The van der Waals surface area contributed by atoms with Crippen LogP contribution in [0.1, 0.15) is 0 Å². The van der Waals surface area contributed by atoms with Crippen LogP contribution in [0.5, 0.6) is 0 Å². The van der Waals surface area contributed by atoms with Crippen molar-refractivity contribution >= 4 is 102 Å². The third-order valence-electron chi connectivity index (χ3n) is 7.77. The summed E-state index contributed by atoms with van der Waals surface area (Å²) < 4.78 is 5.99. The van der Waals surface area contributed by atoms with E-state index in [1.165, 1.54) is 32.6 Å². The van der Waals surface area contributed by atoms with Crippen LogP contribution in [0.15, 0.2) is 170 Å². The van der Waals surface area contributed by atoms with E-state index in [2.05, 4.69) is 104 Å². The first-order valence-electron chi connectivity index (χ1n) is 14.8. The SMILES string of the molecule is CO[Si](C)(c1ccccc1)c1ccc(-c2ccccc2)cc1.Cl[Si](Cl)(c1ccccc1)c1ccc(-c2ccccc2)cc1.[Cl][Bi]([Cl])[Cl]. The maximum atomic E-state index is 6.69. The Labute approximate surface area is 308 Å². The molecule has 47 heavy (non-hydrogen) atoms. The molecule has 0 aliphatic rings. The van der Waals surface area contributed by atoms with E-state index in [0.717, 1.165) is 10.4 Å². The summed E-state index contributed by atoms with van der Waals surface area (Å²) in [6.45, 7) is -0.385. The Kier molecular flexibility index (Phi) is 15.1. The molecule has 240 valence electrons. The summed E-state index contributed by atoms with van der Waals surface area (Å²) in [7, 11) is 14.8. The van der Waals surface area contributed by atoms with Gasteiger partial charge in [0.15, 0.2) is 0 Å². The number of rotatable bonds is 7. The molecule has 9 heteroatoms. The van der Waals surface area contributed by atoms with Crippen molar-refractivity contribution in [2.75, 3.05) is 7.11 Å². The van der Waals surface area contributed by atoms with Crippen molar-refractivity contribution in [1.29, 1.82) is 0 Å². The van der Waals surface area contributed by atoms with Gasteiger partial charge in [-0.2, -0.15) is 0 Å². The van der Waals surface area contributed by atoms with E-state index < -0.39 is 33.2 Å². The fourth-order valence-electron chi connectivity index (χ4n) is 5.09. The van der Waals surface area contributed by atoms with Crippen LogP contribution in [0.4, 0.5) is 0 Å². The predicted molar refractivity (Wildman–Crippen MR) is 215 cm³/mol. The van der Waals surface area contributed by atoms with Crippen LogP contribution in [0.2, 0.25) is 6.55 Å². The van der Waals surface area contributed by atoms with E-state index >= 15 is 0 Å². The van der Waals surface area contributed by atoms with Crippen molar-refractivity contribution in [2.45, 2.75) is 6.55 Å². The van der Waals surface area contributed by atoms with Gasteiger partial charge in [-0.1, -0.05) is 170 Å². The van der Waals surface area contributed by atoms with Gasteiger partial charge in [-0.15, -0.1) is 22.2 Å². The topological polar surface area (TPSA) is 9.23 Å². The normalized spacial score (nSPS) is 12.2. The Morgan fingerprint density at radius 3 is 1.02 bits per heavy atom. The Bertz CT molecular complexity index is 1760. The average Bonchev–Trinajstić information content (AvgIpc) is 3.13. The molecule has 0 heterocycles. The van der Waals surface area contributed by atoms with Crippen molar-refractivity contribution in [2.24, 2.45) is 0 Å². The molecule has 0 radical (unpaired) electrons. The number of halogens is 5. The van der Waals surface area contributed by atoms with Crippen LogP contribution in [-0.2, 0) is 4.43 Å². The van der Waals surface area contributed by atoms with Gasteiger partial charge in [0.05, 0.1) is 0 Å². The van der Waals surface area contributed by atoms with Crippen molar-refractivity contribution in [3.8, 4) is 22.3 Å². The molecule has 1 nitrogen and oxygen atoms in total. The van der Waals surface area contributed by atoms with Gasteiger partial charge in [0.1, 0.15) is 0 Å². The zero-order valence-corrected chi connectivity index (χ0v) is 35.2. The molecule has 0 N–H and O–H groups in total.